The van der Waals surface area contributed by atoms with Gasteiger partial charge in [-0.2, -0.15) is 5.06 Å². The monoisotopic (exact) mass is 360 g/mol. The number of nitrogens with one attached hydrogen (secondary N) is 2. The van der Waals surface area contributed by atoms with Crippen molar-refractivity contribution >= 4 is 33.7 Å². The second-order valence-corrected chi connectivity index (χ2v) is 4.16. The van der Waals surface area contributed by atoms with E-state index in [4.69, 9.17) is 4.84 Å². The van der Waals surface area contributed by atoms with Crippen molar-refractivity contribution in [1.82, 2.24) is 15.0 Å². The fourth-order valence-electron chi connectivity index (χ4n) is 1.82. The van der Waals surface area contributed by atoms with Crippen LogP contribution in [0.15, 0.2) is 21.7 Å². The molecule has 0 radical (unpaired) electrons. The van der Waals surface area contributed by atoms with Gasteiger partial charge in [0.1, 0.15) is 0 Å². The van der Waals surface area contributed by atoms with Crippen LogP contribution in [-0.2, 0) is 11.4 Å². The lowest BCUT2D eigenvalue weighted by Crippen LogP contribution is -2.29. The summed E-state index contributed by atoms with van der Waals surface area (Å²) in [6.45, 7) is 0.205. The molecular weight excluding hydrogens is 348 g/mol. The summed E-state index contributed by atoms with van der Waals surface area (Å²) in [5.41, 5.74) is -0.851. The van der Waals surface area contributed by atoms with E-state index < -0.39 is 16.0 Å². The smallest absolute Gasteiger partial charge is 0.314 e. The van der Waals surface area contributed by atoms with Crippen molar-refractivity contribution in [3.05, 3.63) is 48.5 Å². The van der Waals surface area contributed by atoms with Gasteiger partial charge in [-0.3, -0.25) is 19.7 Å². The molecule has 1 aromatic heterocycles. The number of benzene rings is 1. The van der Waals surface area contributed by atoms with Gasteiger partial charge in [-0.05, 0) is 0 Å². The van der Waals surface area contributed by atoms with Crippen LogP contribution >= 0.6 is 17.0 Å². The summed E-state index contributed by atoms with van der Waals surface area (Å²) in [6, 6.07) is 2.52. The number of hydrogen-bond donors (Lipinski definition) is 2. The first-order valence-corrected chi connectivity index (χ1v) is 5.61. The first-order valence-electron chi connectivity index (χ1n) is 5.61. The van der Waals surface area contributed by atoms with Crippen molar-refractivity contribution in [2.24, 2.45) is 0 Å². The second kappa shape index (κ2) is 6.61. The van der Waals surface area contributed by atoms with Gasteiger partial charge in [0.05, 0.1) is 29.6 Å². The minimum Gasteiger partial charge on any atom is -0.316 e. The van der Waals surface area contributed by atoms with E-state index in [1.807, 2.05) is 0 Å². The van der Waals surface area contributed by atoms with Crippen LogP contribution < -0.4 is 11.1 Å². The highest BCUT2D eigenvalue weighted by Crippen LogP contribution is 2.22. The van der Waals surface area contributed by atoms with Gasteiger partial charge < -0.3 is 14.8 Å². The van der Waals surface area contributed by atoms with Crippen molar-refractivity contribution < 1.29 is 9.76 Å². The van der Waals surface area contributed by atoms with E-state index in [0.717, 1.165) is 0 Å². The van der Waals surface area contributed by atoms with Crippen LogP contribution in [-0.4, -0.2) is 34.1 Å². The predicted octanol–water partition coefficient (Wildman–Crippen LogP) is 0.696. The van der Waals surface area contributed by atoms with Gasteiger partial charge in [0, 0.05) is 24.7 Å². The zero-order chi connectivity index (χ0) is 14.9. The van der Waals surface area contributed by atoms with Crippen LogP contribution in [0, 0.1) is 10.1 Å². The number of nitro groups is 1. The molecule has 2 N–H and O–H groups in total. The van der Waals surface area contributed by atoms with E-state index in [1.165, 1.54) is 24.3 Å². The fraction of sp³-hybridized carbons (Fsp3) is 0.273. The van der Waals surface area contributed by atoms with E-state index in [2.05, 4.69) is 9.97 Å². The molecule has 0 amide bonds. The van der Waals surface area contributed by atoms with Crippen molar-refractivity contribution in [3.8, 4) is 0 Å². The Hall–Kier alpha value is -2.04. The Morgan fingerprint density at radius 3 is 2.48 bits per heavy atom. The summed E-state index contributed by atoms with van der Waals surface area (Å²) in [4.78, 5) is 42.7. The Kier molecular flexibility index (Phi) is 5.35. The summed E-state index contributed by atoms with van der Waals surface area (Å²) in [5.74, 6) is 0. The minimum atomic E-state index is -0.857. The molecule has 0 unspecified atom stereocenters. The van der Waals surface area contributed by atoms with Gasteiger partial charge in [-0.15, -0.1) is 17.0 Å². The van der Waals surface area contributed by atoms with Crippen LogP contribution in [0.1, 0.15) is 5.56 Å². The zero-order valence-corrected chi connectivity index (χ0v) is 12.9. The molecule has 0 bridgehead atoms. The molecule has 9 nitrogen and oxygen atoms in total. The van der Waals surface area contributed by atoms with Crippen LogP contribution in [0.3, 0.4) is 0 Å². The molecule has 0 aliphatic rings. The normalized spacial score (nSPS) is 10.6. The van der Waals surface area contributed by atoms with Gasteiger partial charge in [-0.1, -0.05) is 0 Å². The maximum absolute atomic E-state index is 11.4. The largest absolute Gasteiger partial charge is 0.316 e. The Labute approximate surface area is 128 Å². The lowest BCUT2D eigenvalue weighted by atomic mass is 10.1. The number of hydrogen-bond acceptors (Lipinski definition) is 6. The maximum atomic E-state index is 11.4. The van der Waals surface area contributed by atoms with E-state index in [-0.39, 0.29) is 34.7 Å². The van der Waals surface area contributed by atoms with Crippen molar-refractivity contribution in [3.63, 3.8) is 0 Å². The van der Waals surface area contributed by atoms with Crippen molar-refractivity contribution in [2.75, 3.05) is 14.2 Å². The Bertz CT molecular complexity index is 784. The third kappa shape index (κ3) is 3.54. The number of aromatic nitrogens is 2. The molecule has 114 valence electrons. The molecule has 2 rings (SSSR count). The summed E-state index contributed by atoms with van der Waals surface area (Å²) < 4.78 is 0. The number of H-pyrrole nitrogens is 2. The maximum Gasteiger partial charge on any atom is 0.314 e. The number of hydroxylamine groups is 2. The third-order valence-electron chi connectivity index (χ3n) is 2.81. The van der Waals surface area contributed by atoms with Gasteiger partial charge in [0.2, 0.25) is 0 Å². The van der Waals surface area contributed by atoms with Gasteiger partial charge in [0.15, 0.2) is 0 Å². The minimum absolute atomic E-state index is 0. The Balaban J connectivity index is 0.00000220. The molecule has 10 heteroatoms. The summed E-state index contributed by atoms with van der Waals surface area (Å²) in [6.07, 6.45) is 0. The molecule has 1 aromatic carbocycles. The number of aromatic amines is 2. The topological polar surface area (TPSA) is 121 Å². The van der Waals surface area contributed by atoms with Crippen molar-refractivity contribution in [1.29, 1.82) is 0 Å². The molecule has 0 atom stereocenters. The average Bonchev–Trinajstić information content (AvgIpc) is 2.40. The molecule has 2 aromatic rings. The molecule has 0 spiro atoms. The van der Waals surface area contributed by atoms with Crippen LogP contribution in [0.25, 0.3) is 11.0 Å². The second-order valence-electron chi connectivity index (χ2n) is 4.16. The molecule has 21 heavy (non-hydrogen) atoms. The summed E-state index contributed by atoms with van der Waals surface area (Å²) >= 11 is 0. The van der Waals surface area contributed by atoms with Gasteiger partial charge >= 0.3 is 11.1 Å². The SMILES string of the molecule is Br.CON(C)Cc1cc([N+](=O)[O-])cc2[nH]c(=O)c(=O)[nH]c12. The highest BCUT2D eigenvalue weighted by atomic mass is 79.9. The molecule has 0 aliphatic heterocycles. The Morgan fingerprint density at radius 1 is 1.29 bits per heavy atom. The molecule has 0 aliphatic carbocycles. The quantitative estimate of drug-likeness (QED) is 0.470. The van der Waals surface area contributed by atoms with E-state index in [0.29, 0.717) is 11.1 Å². The summed E-state index contributed by atoms with van der Waals surface area (Å²) in [7, 11) is 3.08. The molecule has 0 saturated carbocycles. The van der Waals surface area contributed by atoms with Crippen LogP contribution in [0.5, 0.6) is 0 Å². The first kappa shape index (κ1) is 17.0. The third-order valence-corrected chi connectivity index (χ3v) is 2.81. The van der Waals surface area contributed by atoms with Crippen LogP contribution in [0.2, 0.25) is 0 Å². The lowest BCUT2D eigenvalue weighted by Gasteiger charge is -2.14. The number of halogens is 1. The van der Waals surface area contributed by atoms with Crippen molar-refractivity contribution in [2.45, 2.75) is 6.54 Å². The highest BCUT2D eigenvalue weighted by molar-refractivity contribution is 8.93. The molecule has 1 heterocycles. The standard InChI is InChI=1S/C11H12N4O5.BrH/c1-14(20-2)5-6-3-7(15(18)19)4-8-9(6)13-11(17)10(16)12-8;/h3-4H,5H2,1-2H3,(H,12,16)(H,13,17);1H. The van der Waals surface area contributed by atoms with Crippen LogP contribution in [0.4, 0.5) is 5.69 Å². The first-order chi connectivity index (χ1) is 9.42. The van der Waals surface area contributed by atoms with E-state index >= 15 is 0 Å². The lowest BCUT2D eigenvalue weighted by molar-refractivity contribution is -0.384. The molecular formula is C11H13BrN4O5. The average molecular weight is 361 g/mol. The summed E-state index contributed by atoms with van der Waals surface area (Å²) in [5, 5.41) is 12.3. The van der Waals surface area contributed by atoms with E-state index in [9.17, 15) is 19.7 Å². The zero-order valence-electron chi connectivity index (χ0n) is 11.2. The molecule has 0 fully saturated rings. The fourth-order valence-corrected chi connectivity index (χ4v) is 1.82. The Morgan fingerprint density at radius 2 is 1.90 bits per heavy atom. The van der Waals surface area contributed by atoms with Gasteiger partial charge in [-0.25, -0.2) is 0 Å². The van der Waals surface area contributed by atoms with E-state index in [1.54, 1.807) is 7.05 Å². The number of nitro benzene ring substituents is 1. The number of non-ortho nitro benzene ring substituents is 1. The number of rotatable bonds is 4. The highest BCUT2D eigenvalue weighted by Gasteiger charge is 2.15. The predicted molar refractivity (Wildman–Crippen MR) is 80.6 cm³/mol. The molecule has 0 saturated heterocycles. The number of fused-ring (bicyclic) bond motifs is 1. The number of nitrogens with zero attached hydrogens (tertiary/aromatic N) is 2. The van der Waals surface area contributed by atoms with Gasteiger partial charge in [0.25, 0.3) is 5.69 Å².